The molecule has 0 amide bonds. The average molecular weight is 493 g/mol. The van der Waals surface area contributed by atoms with Crippen LogP contribution in [0.5, 0.6) is 5.75 Å². The predicted octanol–water partition coefficient (Wildman–Crippen LogP) is 5.74. The zero-order chi connectivity index (χ0) is 24.6. The molecule has 1 atom stereocenters. The molecule has 1 saturated carbocycles. The number of pyridine rings is 1. The second-order valence-electron chi connectivity index (χ2n) is 8.97. The highest BCUT2D eigenvalue weighted by Gasteiger charge is 2.33. The fourth-order valence-electron chi connectivity index (χ4n) is 4.79. The molecule has 0 radical (unpaired) electrons. The van der Waals surface area contributed by atoms with E-state index in [2.05, 4.69) is 30.1 Å². The molecule has 5 rings (SSSR count). The summed E-state index contributed by atoms with van der Waals surface area (Å²) in [7, 11) is 0. The summed E-state index contributed by atoms with van der Waals surface area (Å²) in [6, 6.07) is 4.88. The number of aromatic nitrogens is 3. The monoisotopic (exact) mass is 493 g/mol. The van der Waals surface area contributed by atoms with Crippen LogP contribution in [0.3, 0.4) is 0 Å². The molecule has 2 aromatic heterocycles. The van der Waals surface area contributed by atoms with Gasteiger partial charge in [-0.15, -0.1) is 10.2 Å². The predicted molar refractivity (Wildman–Crippen MR) is 120 cm³/mol. The van der Waals surface area contributed by atoms with Gasteiger partial charge in [0.15, 0.2) is 5.82 Å². The number of piperidine rings is 1. The van der Waals surface area contributed by atoms with Crippen LogP contribution in [-0.2, 0) is 6.18 Å². The SMILES string of the molecule is FC(F)Oc1cc(C(F)(F)F)ccc1-c1nnc(N[C@@H]2CCCN(C3CCC3)C2)c2cnccc12. The van der Waals surface area contributed by atoms with Gasteiger partial charge < -0.3 is 10.1 Å². The Bertz CT molecular complexity index is 1200. The van der Waals surface area contributed by atoms with Crippen molar-refractivity contribution in [1.29, 1.82) is 0 Å². The van der Waals surface area contributed by atoms with Crippen LogP contribution in [-0.4, -0.2) is 51.9 Å². The third-order valence-electron chi connectivity index (χ3n) is 6.75. The number of hydrogen-bond donors (Lipinski definition) is 1. The van der Waals surface area contributed by atoms with Crippen LogP contribution in [0.1, 0.15) is 37.7 Å². The second-order valence-corrected chi connectivity index (χ2v) is 8.97. The highest BCUT2D eigenvalue weighted by atomic mass is 19.4. The second kappa shape index (κ2) is 9.52. The molecule has 1 aromatic carbocycles. The lowest BCUT2D eigenvalue weighted by molar-refractivity contribution is -0.138. The molecule has 0 unspecified atom stereocenters. The van der Waals surface area contributed by atoms with Crippen LogP contribution in [0.4, 0.5) is 27.8 Å². The molecule has 2 aliphatic rings. The summed E-state index contributed by atoms with van der Waals surface area (Å²) in [6.45, 7) is -1.33. The molecule has 1 aliphatic heterocycles. The van der Waals surface area contributed by atoms with Crippen LogP contribution < -0.4 is 10.1 Å². The van der Waals surface area contributed by atoms with Crippen molar-refractivity contribution in [2.45, 2.75) is 57.0 Å². The first-order valence-electron chi connectivity index (χ1n) is 11.6. The first-order chi connectivity index (χ1) is 16.8. The highest BCUT2D eigenvalue weighted by Crippen LogP contribution is 2.40. The van der Waals surface area contributed by atoms with Crippen LogP contribution >= 0.6 is 0 Å². The van der Waals surface area contributed by atoms with Crippen molar-refractivity contribution >= 4 is 16.6 Å². The lowest BCUT2D eigenvalue weighted by atomic mass is 9.89. The van der Waals surface area contributed by atoms with Crippen molar-refractivity contribution in [3.05, 3.63) is 42.2 Å². The molecule has 186 valence electrons. The smallest absolute Gasteiger partial charge is 0.416 e. The van der Waals surface area contributed by atoms with Gasteiger partial charge in [0, 0.05) is 47.4 Å². The standard InChI is InChI=1S/C24H24F5N5O/c25-23(26)35-20-11-14(24(27,28)29)6-7-18(20)21-17-8-9-30-12-19(17)22(33-32-21)31-15-3-2-10-34(13-15)16-4-1-5-16/h6-9,11-12,15-16,23H,1-5,10,13H2,(H,31,33)/t15-/m1/s1. The maximum Gasteiger partial charge on any atom is 0.416 e. The van der Waals surface area contributed by atoms with E-state index < -0.39 is 24.1 Å². The van der Waals surface area contributed by atoms with Gasteiger partial charge in [0.25, 0.3) is 0 Å². The Morgan fingerprint density at radius 1 is 1.03 bits per heavy atom. The summed E-state index contributed by atoms with van der Waals surface area (Å²) in [5, 5.41) is 13.1. The Labute approximate surface area is 198 Å². The van der Waals surface area contributed by atoms with Crippen molar-refractivity contribution in [2.24, 2.45) is 0 Å². The van der Waals surface area contributed by atoms with Crippen LogP contribution in [0.25, 0.3) is 22.0 Å². The van der Waals surface area contributed by atoms with Gasteiger partial charge in [-0.1, -0.05) is 6.42 Å². The molecular formula is C24H24F5N5O. The number of rotatable bonds is 6. The topological polar surface area (TPSA) is 63.2 Å². The van der Waals surface area contributed by atoms with Gasteiger partial charge >= 0.3 is 12.8 Å². The number of nitrogens with zero attached hydrogens (tertiary/aromatic N) is 4. The van der Waals surface area contributed by atoms with E-state index >= 15 is 0 Å². The van der Waals surface area contributed by atoms with E-state index in [4.69, 9.17) is 0 Å². The third kappa shape index (κ3) is 5.00. The van der Waals surface area contributed by atoms with Crippen molar-refractivity contribution in [1.82, 2.24) is 20.1 Å². The van der Waals surface area contributed by atoms with Crippen molar-refractivity contribution < 1.29 is 26.7 Å². The summed E-state index contributed by atoms with van der Waals surface area (Å²) in [4.78, 5) is 6.67. The van der Waals surface area contributed by atoms with Crippen LogP contribution in [0.2, 0.25) is 0 Å². The Balaban J connectivity index is 1.49. The molecule has 3 heterocycles. The Morgan fingerprint density at radius 3 is 2.57 bits per heavy atom. The summed E-state index contributed by atoms with van der Waals surface area (Å²) < 4.78 is 70.1. The van der Waals surface area contributed by atoms with Crippen molar-refractivity contribution in [2.75, 3.05) is 18.4 Å². The zero-order valence-electron chi connectivity index (χ0n) is 18.7. The Hall–Kier alpha value is -3.08. The van der Waals surface area contributed by atoms with Gasteiger partial charge in [-0.05, 0) is 56.5 Å². The van der Waals surface area contributed by atoms with Crippen LogP contribution in [0, 0.1) is 0 Å². The molecule has 1 N–H and O–H groups in total. The van der Waals surface area contributed by atoms with E-state index in [9.17, 15) is 22.0 Å². The summed E-state index contributed by atoms with van der Waals surface area (Å²) in [6.07, 6.45) is 4.14. The van der Waals surface area contributed by atoms with Crippen LogP contribution in [0.15, 0.2) is 36.7 Å². The number of benzene rings is 1. The minimum absolute atomic E-state index is 0.0117. The zero-order valence-corrected chi connectivity index (χ0v) is 18.7. The number of likely N-dealkylation sites (tertiary alicyclic amines) is 1. The maximum atomic E-state index is 13.2. The van der Waals surface area contributed by atoms with Gasteiger partial charge in [-0.25, -0.2) is 0 Å². The first-order valence-corrected chi connectivity index (χ1v) is 11.6. The minimum Gasteiger partial charge on any atom is -0.434 e. The van der Waals surface area contributed by atoms with E-state index in [1.165, 1.54) is 25.5 Å². The fourth-order valence-corrected chi connectivity index (χ4v) is 4.79. The number of halogens is 5. The normalized spacial score (nSPS) is 19.7. The van der Waals surface area contributed by atoms with E-state index in [1.807, 2.05) is 0 Å². The molecule has 3 aromatic rings. The first kappa shape index (κ1) is 23.7. The van der Waals surface area contributed by atoms with Gasteiger partial charge in [0.2, 0.25) is 0 Å². The molecule has 35 heavy (non-hydrogen) atoms. The summed E-state index contributed by atoms with van der Waals surface area (Å²) in [5.41, 5.74) is -0.970. The van der Waals surface area contributed by atoms with Crippen molar-refractivity contribution in [3.8, 4) is 17.0 Å². The highest BCUT2D eigenvalue weighted by molar-refractivity contribution is 6.00. The molecule has 2 fully saturated rings. The Morgan fingerprint density at radius 2 is 1.86 bits per heavy atom. The van der Waals surface area contributed by atoms with Gasteiger partial charge in [0.1, 0.15) is 11.4 Å². The maximum absolute atomic E-state index is 13.2. The quantitative estimate of drug-likeness (QED) is 0.442. The summed E-state index contributed by atoms with van der Waals surface area (Å²) in [5.74, 6) is -0.119. The number of hydrogen-bond acceptors (Lipinski definition) is 6. The number of nitrogens with one attached hydrogen (secondary N) is 1. The average Bonchev–Trinajstić information content (AvgIpc) is 2.78. The Kier molecular flexibility index (Phi) is 6.43. The van der Waals surface area contributed by atoms with E-state index in [-0.39, 0.29) is 17.3 Å². The lowest BCUT2D eigenvalue weighted by Gasteiger charge is -2.42. The summed E-state index contributed by atoms with van der Waals surface area (Å²) >= 11 is 0. The lowest BCUT2D eigenvalue weighted by Crippen LogP contribution is -2.49. The minimum atomic E-state index is -4.71. The third-order valence-corrected chi connectivity index (χ3v) is 6.75. The van der Waals surface area contributed by atoms with Gasteiger partial charge in [-0.3, -0.25) is 9.88 Å². The molecule has 1 aliphatic carbocycles. The molecule has 6 nitrogen and oxygen atoms in total. The fraction of sp³-hybridized carbons (Fsp3) is 0.458. The number of alkyl halides is 5. The van der Waals surface area contributed by atoms with E-state index in [0.29, 0.717) is 28.7 Å². The number of anilines is 1. The van der Waals surface area contributed by atoms with Crippen molar-refractivity contribution in [3.63, 3.8) is 0 Å². The van der Waals surface area contributed by atoms with E-state index in [0.717, 1.165) is 38.1 Å². The molecule has 1 saturated heterocycles. The molecule has 11 heteroatoms. The van der Waals surface area contributed by atoms with E-state index in [1.54, 1.807) is 12.3 Å². The largest absolute Gasteiger partial charge is 0.434 e. The number of ether oxygens (including phenoxy) is 1. The number of fused-ring (bicyclic) bond motifs is 1. The molecule has 0 spiro atoms. The van der Waals surface area contributed by atoms with Gasteiger partial charge in [0.05, 0.1) is 5.56 Å². The molecule has 0 bridgehead atoms. The molecular weight excluding hydrogens is 469 g/mol. The van der Waals surface area contributed by atoms with Gasteiger partial charge in [-0.2, -0.15) is 22.0 Å².